The van der Waals surface area contributed by atoms with Crippen molar-refractivity contribution in [3.63, 3.8) is 0 Å². The van der Waals surface area contributed by atoms with Crippen molar-refractivity contribution in [3.05, 3.63) is 35.9 Å². The molecule has 0 fully saturated rings. The normalized spacial score (nSPS) is 13.0. The fourth-order valence-electron chi connectivity index (χ4n) is 2.42. The first-order chi connectivity index (χ1) is 11.3. The van der Waals surface area contributed by atoms with Crippen LogP contribution in [0.15, 0.2) is 30.3 Å². The summed E-state index contributed by atoms with van der Waals surface area (Å²) in [5.74, 6) is -2.07. The summed E-state index contributed by atoms with van der Waals surface area (Å²) in [5, 5.41) is 11.7. The molecule has 24 heavy (non-hydrogen) atoms. The predicted molar refractivity (Wildman–Crippen MR) is 91.4 cm³/mol. The number of nitrogens with one attached hydrogen (secondary N) is 1. The van der Waals surface area contributed by atoms with Crippen molar-refractivity contribution in [1.29, 1.82) is 0 Å². The SMILES string of the molecule is CCCC(NC(=O)Cc1ccccc1)C(=O)N(C)CC(C)C(=O)O. The van der Waals surface area contributed by atoms with Gasteiger partial charge in [-0.2, -0.15) is 0 Å². The molecule has 0 bridgehead atoms. The van der Waals surface area contributed by atoms with Crippen LogP contribution in [0.5, 0.6) is 0 Å². The highest BCUT2D eigenvalue weighted by atomic mass is 16.4. The minimum Gasteiger partial charge on any atom is -0.481 e. The second-order valence-electron chi connectivity index (χ2n) is 6.03. The van der Waals surface area contributed by atoms with Gasteiger partial charge in [-0.15, -0.1) is 0 Å². The number of carbonyl (C=O) groups excluding carboxylic acids is 2. The highest BCUT2D eigenvalue weighted by Gasteiger charge is 2.25. The fraction of sp³-hybridized carbons (Fsp3) is 0.500. The number of carboxylic acid groups (broad SMARTS) is 1. The van der Waals surface area contributed by atoms with Crippen molar-refractivity contribution in [2.45, 2.75) is 39.2 Å². The lowest BCUT2D eigenvalue weighted by molar-refractivity contribution is -0.143. The van der Waals surface area contributed by atoms with Gasteiger partial charge in [-0.25, -0.2) is 0 Å². The van der Waals surface area contributed by atoms with E-state index in [1.165, 1.54) is 4.90 Å². The number of likely N-dealkylation sites (N-methyl/N-ethyl adjacent to an activating group) is 1. The molecular formula is C18H26N2O4. The lowest BCUT2D eigenvalue weighted by Crippen LogP contribution is -2.49. The molecule has 6 nitrogen and oxygen atoms in total. The number of rotatable bonds is 9. The molecule has 0 aliphatic rings. The van der Waals surface area contributed by atoms with E-state index in [0.29, 0.717) is 6.42 Å². The molecule has 132 valence electrons. The zero-order valence-electron chi connectivity index (χ0n) is 14.5. The van der Waals surface area contributed by atoms with Gasteiger partial charge < -0.3 is 15.3 Å². The van der Waals surface area contributed by atoms with Gasteiger partial charge in [0.25, 0.3) is 0 Å². The second kappa shape index (κ2) is 9.70. The summed E-state index contributed by atoms with van der Waals surface area (Å²) < 4.78 is 0. The van der Waals surface area contributed by atoms with Crippen molar-refractivity contribution in [1.82, 2.24) is 10.2 Å². The first-order valence-corrected chi connectivity index (χ1v) is 8.16. The van der Waals surface area contributed by atoms with Gasteiger partial charge in [0.15, 0.2) is 0 Å². The van der Waals surface area contributed by atoms with Gasteiger partial charge in [0, 0.05) is 13.6 Å². The van der Waals surface area contributed by atoms with E-state index in [1.54, 1.807) is 14.0 Å². The summed E-state index contributed by atoms with van der Waals surface area (Å²) in [4.78, 5) is 37.0. The highest BCUT2D eigenvalue weighted by molar-refractivity contribution is 5.88. The molecule has 2 atom stereocenters. The van der Waals surface area contributed by atoms with Crippen LogP contribution >= 0.6 is 0 Å². The van der Waals surface area contributed by atoms with Crippen LogP contribution in [0.25, 0.3) is 0 Å². The lowest BCUT2D eigenvalue weighted by Gasteiger charge is -2.25. The third kappa shape index (κ3) is 6.40. The Morgan fingerprint density at radius 3 is 2.38 bits per heavy atom. The molecule has 2 unspecified atom stereocenters. The molecule has 0 aliphatic heterocycles. The number of hydrogen-bond acceptors (Lipinski definition) is 3. The Morgan fingerprint density at radius 1 is 1.21 bits per heavy atom. The lowest BCUT2D eigenvalue weighted by atomic mass is 10.1. The number of nitrogens with zero attached hydrogens (tertiary/aromatic N) is 1. The Morgan fingerprint density at radius 2 is 1.83 bits per heavy atom. The molecule has 0 aromatic heterocycles. The minimum absolute atomic E-state index is 0.114. The van der Waals surface area contributed by atoms with E-state index in [1.807, 2.05) is 37.3 Å². The zero-order chi connectivity index (χ0) is 18.1. The number of carboxylic acids is 1. The van der Waals surface area contributed by atoms with Gasteiger partial charge in [-0.05, 0) is 12.0 Å². The monoisotopic (exact) mass is 334 g/mol. The number of hydrogen-bond donors (Lipinski definition) is 2. The van der Waals surface area contributed by atoms with Crippen molar-refractivity contribution in [3.8, 4) is 0 Å². The smallest absolute Gasteiger partial charge is 0.308 e. The highest BCUT2D eigenvalue weighted by Crippen LogP contribution is 2.06. The Balaban J connectivity index is 2.66. The molecule has 0 radical (unpaired) electrons. The average molecular weight is 334 g/mol. The zero-order valence-corrected chi connectivity index (χ0v) is 14.5. The van der Waals surface area contributed by atoms with Gasteiger partial charge in [0.1, 0.15) is 6.04 Å². The summed E-state index contributed by atoms with van der Waals surface area (Å²) >= 11 is 0. The van der Waals surface area contributed by atoms with Gasteiger partial charge in [0.05, 0.1) is 12.3 Å². The molecule has 0 spiro atoms. The van der Waals surface area contributed by atoms with E-state index in [9.17, 15) is 14.4 Å². The Kier molecular flexibility index (Phi) is 7.95. The first-order valence-electron chi connectivity index (χ1n) is 8.16. The minimum atomic E-state index is -0.949. The number of carbonyl (C=O) groups is 3. The maximum atomic E-state index is 12.5. The molecule has 2 N–H and O–H groups in total. The van der Waals surface area contributed by atoms with Crippen LogP contribution in [-0.4, -0.2) is 47.4 Å². The first kappa shape index (κ1) is 19.7. The number of amides is 2. The van der Waals surface area contributed by atoms with Crippen LogP contribution < -0.4 is 5.32 Å². The maximum absolute atomic E-state index is 12.5. The predicted octanol–water partition coefficient (Wildman–Crippen LogP) is 1.69. The van der Waals surface area contributed by atoms with E-state index >= 15 is 0 Å². The summed E-state index contributed by atoms with van der Waals surface area (Å²) in [6, 6.07) is 8.69. The van der Waals surface area contributed by atoms with E-state index in [0.717, 1.165) is 12.0 Å². The van der Waals surface area contributed by atoms with E-state index in [2.05, 4.69) is 5.32 Å². The topological polar surface area (TPSA) is 86.7 Å². The Hall–Kier alpha value is -2.37. The summed E-state index contributed by atoms with van der Waals surface area (Å²) in [6.07, 6.45) is 1.47. The molecule has 0 heterocycles. The molecule has 1 aromatic carbocycles. The molecule has 0 saturated heterocycles. The van der Waals surface area contributed by atoms with Crippen LogP contribution in [0.3, 0.4) is 0 Å². The van der Waals surface area contributed by atoms with E-state index in [-0.39, 0.29) is 24.8 Å². The molecular weight excluding hydrogens is 308 g/mol. The largest absolute Gasteiger partial charge is 0.481 e. The van der Waals surface area contributed by atoms with Crippen LogP contribution in [0.2, 0.25) is 0 Å². The Labute approximate surface area is 142 Å². The molecule has 0 saturated carbocycles. The van der Waals surface area contributed by atoms with Crippen molar-refractivity contribution < 1.29 is 19.5 Å². The quantitative estimate of drug-likeness (QED) is 0.719. The number of benzene rings is 1. The van der Waals surface area contributed by atoms with Crippen LogP contribution in [0.1, 0.15) is 32.3 Å². The molecule has 6 heteroatoms. The fourth-order valence-corrected chi connectivity index (χ4v) is 2.42. The Bertz CT molecular complexity index is 559. The van der Waals surface area contributed by atoms with Gasteiger partial charge >= 0.3 is 5.97 Å². The van der Waals surface area contributed by atoms with Crippen LogP contribution in [0.4, 0.5) is 0 Å². The van der Waals surface area contributed by atoms with E-state index < -0.39 is 17.9 Å². The van der Waals surface area contributed by atoms with Gasteiger partial charge in [-0.3, -0.25) is 14.4 Å². The second-order valence-corrected chi connectivity index (χ2v) is 6.03. The molecule has 0 aliphatic carbocycles. The average Bonchev–Trinajstić information content (AvgIpc) is 2.54. The summed E-state index contributed by atoms with van der Waals surface area (Å²) in [5.41, 5.74) is 0.880. The molecule has 1 aromatic rings. The maximum Gasteiger partial charge on any atom is 0.308 e. The summed E-state index contributed by atoms with van der Waals surface area (Å²) in [6.45, 7) is 3.60. The third-order valence-electron chi connectivity index (χ3n) is 3.76. The van der Waals surface area contributed by atoms with Crippen LogP contribution in [0, 0.1) is 5.92 Å². The van der Waals surface area contributed by atoms with E-state index in [4.69, 9.17) is 5.11 Å². The van der Waals surface area contributed by atoms with Gasteiger partial charge in [-0.1, -0.05) is 50.6 Å². The number of aliphatic carboxylic acids is 1. The third-order valence-corrected chi connectivity index (χ3v) is 3.76. The van der Waals surface area contributed by atoms with Crippen molar-refractivity contribution in [2.24, 2.45) is 5.92 Å². The van der Waals surface area contributed by atoms with Gasteiger partial charge in [0.2, 0.25) is 11.8 Å². The van der Waals surface area contributed by atoms with Crippen molar-refractivity contribution >= 4 is 17.8 Å². The molecule has 2 amide bonds. The standard InChI is InChI=1S/C18H26N2O4/c1-4-8-15(17(22)20(3)12-13(2)18(23)24)19-16(21)11-14-9-6-5-7-10-14/h5-7,9-10,13,15H,4,8,11-12H2,1-3H3,(H,19,21)(H,23,24). The summed E-state index contributed by atoms with van der Waals surface area (Å²) in [7, 11) is 1.56. The van der Waals surface area contributed by atoms with Crippen LogP contribution in [-0.2, 0) is 20.8 Å². The molecule has 1 rings (SSSR count). The van der Waals surface area contributed by atoms with Crippen molar-refractivity contribution in [2.75, 3.05) is 13.6 Å².